The van der Waals surface area contributed by atoms with Crippen LogP contribution in [0.5, 0.6) is 0 Å². The van der Waals surface area contributed by atoms with E-state index in [1.54, 1.807) is 48.5 Å². The van der Waals surface area contributed by atoms with Crippen LogP contribution in [0.4, 0.5) is 4.79 Å². The number of amides is 1. The fourth-order valence-corrected chi connectivity index (χ4v) is 3.64. The predicted octanol–water partition coefficient (Wildman–Crippen LogP) is 2.01. The van der Waals surface area contributed by atoms with Gasteiger partial charge >= 0.3 is 12.1 Å². The molecule has 0 saturated carbocycles. The predicted molar refractivity (Wildman–Crippen MR) is 97.3 cm³/mol. The summed E-state index contributed by atoms with van der Waals surface area (Å²) in [5.41, 5.74) is -1.93. The maximum absolute atomic E-state index is 13.0. The Morgan fingerprint density at radius 3 is 2.21 bits per heavy atom. The zero-order chi connectivity index (χ0) is 21.5. The van der Waals surface area contributed by atoms with Crippen molar-refractivity contribution in [3.8, 4) is 0 Å². The number of methoxy groups -OCH3 is 1. The van der Waals surface area contributed by atoms with Crippen molar-refractivity contribution in [2.45, 2.75) is 96.4 Å². The highest BCUT2D eigenvalue weighted by atomic mass is 16.8. The van der Waals surface area contributed by atoms with E-state index in [0.29, 0.717) is 6.29 Å². The number of hydrogen-bond acceptors (Lipinski definition) is 8. The summed E-state index contributed by atoms with van der Waals surface area (Å²) in [6.45, 7) is 12.0. The van der Waals surface area contributed by atoms with Gasteiger partial charge in [-0.1, -0.05) is 0 Å². The van der Waals surface area contributed by atoms with Crippen LogP contribution in [0.2, 0.25) is 0 Å². The van der Waals surface area contributed by atoms with E-state index < -0.39 is 53.5 Å². The molecule has 2 saturated heterocycles. The number of ether oxygens (including phenoxy) is 5. The molecule has 0 aromatic rings. The topological polar surface area (TPSA) is 101 Å². The van der Waals surface area contributed by atoms with Gasteiger partial charge in [-0.15, -0.1) is 0 Å². The van der Waals surface area contributed by atoms with Crippen LogP contribution in [-0.2, 0) is 33.3 Å². The molecule has 0 radical (unpaired) electrons. The van der Waals surface area contributed by atoms with Crippen LogP contribution >= 0.6 is 0 Å². The van der Waals surface area contributed by atoms with Gasteiger partial charge in [0.1, 0.15) is 29.8 Å². The number of carbonyl (C=O) groups excluding carboxylic acids is 3. The summed E-state index contributed by atoms with van der Waals surface area (Å²) < 4.78 is 28.2. The van der Waals surface area contributed by atoms with Crippen molar-refractivity contribution in [3.63, 3.8) is 0 Å². The van der Waals surface area contributed by atoms with Gasteiger partial charge in [0.15, 0.2) is 11.9 Å². The van der Waals surface area contributed by atoms with Gasteiger partial charge in [-0.2, -0.15) is 0 Å². The fraction of sp³-hybridized carbons (Fsp3) is 0.842. The zero-order valence-corrected chi connectivity index (χ0v) is 17.8. The second-order valence-electron chi connectivity index (χ2n) is 8.89. The lowest BCUT2D eigenvalue weighted by atomic mass is 9.97. The molecule has 2 aliphatic heterocycles. The van der Waals surface area contributed by atoms with Gasteiger partial charge in [0, 0.05) is 6.42 Å². The Kier molecular flexibility index (Phi) is 6.13. The Morgan fingerprint density at radius 1 is 1.11 bits per heavy atom. The normalized spacial score (nSPS) is 31.5. The van der Waals surface area contributed by atoms with Crippen molar-refractivity contribution in [1.82, 2.24) is 4.90 Å². The zero-order valence-electron chi connectivity index (χ0n) is 17.8. The minimum atomic E-state index is -1.17. The standard InChI is InChI=1S/C19H31NO8/c1-17(2,3)28-16(23)20-12(14(15(22)24-8)26-18(20,4)5)13-11(9-10-21)25-19(6,7)27-13/h10-14H,9H2,1-8H3/t11-,12+,13+,14-/m0/s1. The third-order valence-electron chi connectivity index (χ3n) is 4.51. The number of rotatable bonds is 4. The summed E-state index contributed by atoms with van der Waals surface area (Å²) in [5, 5.41) is 0. The SMILES string of the molecule is COC(=O)[C@H]1OC(C)(C)N(C(=O)OC(C)(C)C)[C@@H]1[C@@H]1OC(C)(C)O[C@H]1CC=O. The Labute approximate surface area is 165 Å². The smallest absolute Gasteiger partial charge is 0.413 e. The molecule has 2 heterocycles. The molecule has 0 N–H and O–H groups in total. The van der Waals surface area contributed by atoms with Crippen LogP contribution < -0.4 is 0 Å². The van der Waals surface area contributed by atoms with E-state index in [0.717, 1.165) is 0 Å². The molecule has 0 aromatic heterocycles. The van der Waals surface area contributed by atoms with Gasteiger partial charge in [0.05, 0.1) is 13.2 Å². The van der Waals surface area contributed by atoms with Gasteiger partial charge in [0.25, 0.3) is 0 Å². The van der Waals surface area contributed by atoms with Crippen LogP contribution in [0.25, 0.3) is 0 Å². The quantitative estimate of drug-likeness (QED) is 0.521. The molecule has 0 spiro atoms. The Hall–Kier alpha value is -1.71. The van der Waals surface area contributed by atoms with Crippen molar-refractivity contribution in [3.05, 3.63) is 0 Å². The lowest BCUT2D eigenvalue weighted by Crippen LogP contribution is -2.57. The highest BCUT2D eigenvalue weighted by Crippen LogP contribution is 2.42. The molecule has 2 fully saturated rings. The Bertz CT molecular complexity index is 624. The van der Waals surface area contributed by atoms with Crippen molar-refractivity contribution in [2.75, 3.05) is 7.11 Å². The summed E-state index contributed by atoms with van der Waals surface area (Å²) in [4.78, 5) is 38.0. The van der Waals surface area contributed by atoms with Crippen LogP contribution in [0.3, 0.4) is 0 Å². The Morgan fingerprint density at radius 2 is 1.71 bits per heavy atom. The molecule has 160 valence electrons. The van der Waals surface area contributed by atoms with E-state index in [2.05, 4.69) is 0 Å². The molecule has 9 heteroatoms. The monoisotopic (exact) mass is 401 g/mol. The van der Waals surface area contributed by atoms with Gasteiger partial charge in [0.2, 0.25) is 0 Å². The first-order chi connectivity index (χ1) is 12.7. The number of hydrogen-bond donors (Lipinski definition) is 0. The number of nitrogens with zero attached hydrogens (tertiary/aromatic N) is 1. The second-order valence-corrected chi connectivity index (χ2v) is 8.89. The van der Waals surface area contributed by atoms with Gasteiger partial charge in [-0.3, -0.25) is 4.90 Å². The third kappa shape index (κ3) is 4.64. The van der Waals surface area contributed by atoms with Gasteiger partial charge in [-0.25, -0.2) is 9.59 Å². The molecule has 2 rings (SSSR count). The minimum absolute atomic E-state index is 0.0427. The van der Waals surface area contributed by atoms with Crippen molar-refractivity contribution >= 4 is 18.3 Å². The molecule has 9 nitrogen and oxygen atoms in total. The highest BCUT2D eigenvalue weighted by molar-refractivity contribution is 5.79. The maximum Gasteiger partial charge on any atom is 0.413 e. The summed E-state index contributed by atoms with van der Waals surface area (Å²) in [6.07, 6.45) is -2.47. The molecule has 4 atom stereocenters. The van der Waals surface area contributed by atoms with E-state index in [1.807, 2.05) is 0 Å². The van der Waals surface area contributed by atoms with Crippen LogP contribution in [-0.4, -0.2) is 71.8 Å². The highest BCUT2D eigenvalue weighted by Gasteiger charge is 2.61. The maximum atomic E-state index is 13.0. The van der Waals surface area contributed by atoms with Crippen LogP contribution in [0, 0.1) is 0 Å². The van der Waals surface area contributed by atoms with Crippen LogP contribution in [0.1, 0.15) is 54.9 Å². The van der Waals surface area contributed by atoms with Crippen molar-refractivity contribution in [1.29, 1.82) is 0 Å². The van der Waals surface area contributed by atoms with Crippen molar-refractivity contribution in [2.24, 2.45) is 0 Å². The molecule has 0 bridgehead atoms. The molecule has 1 amide bonds. The fourth-order valence-electron chi connectivity index (χ4n) is 3.64. The van der Waals surface area contributed by atoms with Gasteiger partial charge < -0.3 is 28.5 Å². The van der Waals surface area contributed by atoms with Gasteiger partial charge in [-0.05, 0) is 48.5 Å². The largest absolute Gasteiger partial charge is 0.467 e. The molecule has 2 aliphatic rings. The lowest BCUT2D eigenvalue weighted by Gasteiger charge is -2.37. The van der Waals surface area contributed by atoms with E-state index in [9.17, 15) is 14.4 Å². The number of esters is 1. The molecule has 0 unspecified atom stereocenters. The second kappa shape index (κ2) is 7.61. The third-order valence-corrected chi connectivity index (χ3v) is 4.51. The first kappa shape index (κ1) is 22.6. The lowest BCUT2D eigenvalue weighted by molar-refractivity contribution is -0.162. The number of aldehydes is 1. The summed E-state index contributed by atoms with van der Waals surface area (Å²) in [7, 11) is 1.24. The molecule has 0 aromatic carbocycles. The first-order valence-electron chi connectivity index (χ1n) is 9.29. The van der Waals surface area contributed by atoms with Crippen LogP contribution in [0.15, 0.2) is 0 Å². The Balaban J connectivity index is 2.49. The summed E-state index contributed by atoms with van der Waals surface area (Å²) in [5.74, 6) is -1.65. The first-order valence-corrected chi connectivity index (χ1v) is 9.29. The van der Waals surface area contributed by atoms with E-state index in [1.165, 1.54) is 12.0 Å². The average Bonchev–Trinajstić information content (AvgIpc) is 2.97. The number of carbonyl (C=O) groups is 3. The molecule has 0 aliphatic carbocycles. The average molecular weight is 401 g/mol. The summed E-state index contributed by atoms with van der Waals surface area (Å²) in [6, 6.07) is -0.899. The van der Waals surface area contributed by atoms with E-state index in [-0.39, 0.29) is 6.42 Å². The van der Waals surface area contributed by atoms with E-state index in [4.69, 9.17) is 23.7 Å². The minimum Gasteiger partial charge on any atom is -0.467 e. The molecule has 28 heavy (non-hydrogen) atoms. The molecular formula is C19H31NO8. The van der Waals surface area contributed by atoms with E-state index >= 15 is 0 Å². The van der Waals surface area contributed by atoms with Crippen molar-refractivity contribution < 1.29 is 38.1 Å². The molecular weight excluding hydrogens is 370 g/mol. The summed E-state index contributed by atoms with van der Waals surface area (Å²) >= 11 is 0.